The normalized spacial score (nSPS) is 31.7. The highest BCUT2D eigenvalue weighted by atomic mass is 79.9. The maximum Gasteiger partial charge on any atom is 0.248 e. The van der Waals surface area contributed by atoms with Gasteiger partial charge in [0.25, 0.3) is 0 Å². The van der Waals surface area contributed by atoms with Gasteiger partial charge in [-0.2, -0.15) is 0 Å². The van der Waals surface area contributed by atoms with Gasteiger partial charge in [0.05, 0.1) is 16.6 Å². The average Bonchev–Trinajstić information content (AvgIpc) is 3.42. The van der Waals surface area contributed by atoms with Crippen LogP contribution in [-0.4, -0.2) is 68.8 Å². The van der Waals surface area contributed by atoms with E-state index in [1.54, 1.807) is 23.7 Å². The summed E-state index contributed by atoms with van der Waals surface area (Å²) in [6.45, 7) is 0.414. The monoisotopic (exact) mass is 545 g/mol. The van der Waals surface area contributed by atoms with Crippen molar-refractivity contribution in [3.05, 3.63) is 42.5 Å². The van der Waals surface area contributed by atoms with Crippen molar-refractivity contribution in [2.45, 2.75) is 40.1 Å². The van der Waals surface area contributed by atoms with Crippen LogP contribution in [0.5, 0.6) is 0 Å². The van der Waals surface area contributed by atoms with E-state index in [1.807, 2.05) is 42.5 Å². The van der Waals surface area contributed by atoms with Gasteiger partial charge in [0.15, 0.2) is 0 Å². The molecule has 34 heavy (non-hydrogen) atoms. The number of unbranched alkanes of at least 4 members (excludes halogenated alkanes) is 1. The fourth-order valence-corrected chi connectivity index (χ4v) is 9.62. The topological polar surface area (TPSA) is 98.7 Å². The van der Waals surface area contributed by atoms with Crippen LogP contribution in [0, 0.1) is 11.8 Å². The zero-order valence-corrected chi connectivity index (χ0v) is 21.3. The number of hydrogen-bond donors (Lipinski definition) is 3. The van der Waals surface area contributed by atoms with Gasteiger partial charge in [0.1, 0.15) is 6.04 Å². The minimum Gasteiger partial charge on any atom is -0.396 e. The van der Waals surface area contributed by atoms with E-state index in [1.165, 1.54) is 0 Å². The van der Waals surface area contributed by atoms with Crippen molar-refractivity contribution >= 4 is 61.9 Å². The SMILES string of the molecule is CNC(=O)[C@H]1[C@H]2C(=O)N(CCCCO)C(C(=O)Nc3ccc4ccccc4c3)C23CC(Br)[C@@H]1S3. The van der Waals surface area contributed by atoms with Crippen LogP contribution in [0.15, 0.2) is 42.5 Å². The molecule has 2 aromatic rings. The van der Waals surface area contributed by atoms with E-state index in [4.69, 9.17) is 0 Å². The van der Waals surface area contributed by atoms with Crippen LogP contribution < -0.4 is 10.6 Å². The third-order valence-corrected chi connectivity index (χ3v) is 10.6. The van der Waals surface area contributed by atoms with Crippen molar-refractivity contribution in [3.8, 4) is 0 Å². The lowest BCUT2D eigenvalue weighted by Crippen LogP contribution is -2.53. The smallest absolute Gasteiger partial charge is 0.248 e. The molecular formula is C25H28BrN3O4S. The number of aliphatic hydroxyl groups excluding tert-OH is 1. The molecule has 7 nitrogen and oxygen atoms in total. The summed E-state index contributed by atoms with van der Waals surface area (Å²) in [5.41, 5.74) is 0.682. The molecule has 3 heterocycles. The highest BCUT2D eigenvalue weighted by Crippen LogP contribution is 2.67. The van der Waals surface area contributed by atoms with E-state index < -0.39 is 22.6 Å². The first kappa shape index (κ1) is 23.6. The van der Waals surface area contributed by atoms with Crippen molar-refractivity contribution < 1.29 is 19.5 Å². The first-order valence-corrected chi connectivity index (χ1v) is 13.5. The van der Waals surface area contributed by atoms with Gasteiger partial charge in [-0.05, 0) is 42.2 Å². The number of thioether (sulfide) groups is 1. The molecule has 0 aromatic heterocycles. The zero-order chi connectivity index (χ0) is 24.0. The summed E-state index contributed by atoms with van der Waals surface area (Å²) in [5, 5.41) is 17.1. The number of halogens is 1. The Morgan fingerprint density at radius 3 is 2.68 bits per heavy atom. The summed E-state index contributed by atoms with van der Waals surface area (Å²) in [7, 11) is 1.59. The molecule has 5 rings (SSSR count). The second-order valence-corrected chi connectivity index (χ2v) is 12.0. The number of aliphatic hydroxyl groups is 1. The molecule has 3 fully saturated rings. The standard InChI is InChI=1S/C25H28BrN3O4S/c1-27-22(31)18-19-24(33)29(10-4-5-11-30)21(25(19)13-17(26)20(18)34-25)23(32)28-16-9-8-14-6-2-3-7-15(14)12-16/h2-3,6-9,12,17-21,30H,4-5,10-11,13H2,1H3,(H,27,31)(H,28,32)/t17?,18-,19-,20-,21?,25?/m0/s1. The van der Waals surface area contributed by atoms with Gasteiger partial charge in [-0.1, -0.05) is 46.3 Å². The van der Waals surface area contributed by atoms with Crippen LogP contribution in [0.3, 0.4) is 0 Å². The summed E-state index contributed by atoms with van der Waals surface area (Å²) >= 11 is 5.37. The molecule has 2 aromatic carbocycles. The predicted molar refractivity (Wildman–Crippen MR) is 137 cm³/mol. The van der Waals surface area contributed by atoms with Gasteiger partial charge in [-0.15, -0.1) is 11.8 Å². The number of fused-ring (bicyclic) bond motifs is 2. The number of anilines is 1. The minimum absolute atomic E-state index is 0.0335. The lowest BCUT2D eigenvalue weighted by atomic mass is 9.70. The fraction of sp³-hybridized carbons (Fsp3) is 0.480. The zero-order valence-electron chi connectivity index (χ0n) is 18.9. The maximum atomic E-state index is 13.8. The Bertz CT molecular complexity index is 1150. The fourth-order valence-electron chi connectivity index (χ4n) is 6.01. The van der Waals surface area contributed by atoms with Crippen molar-refractivity contribution in [3.63, 3.8) is 0 Å². The minimum atomic E-state index is -0.681. The van der Waals surface area contributed by atoms with E-state index >= 15 is 0 Å². The Balaban J connectivity index is 1.50. The van der Waals surface area contributed by atoms with Gasteiger partial charge < -0.3 is 20.6 Å². The molecule has 3 amide bonds. The largest absolute Gasteiger partial charge is 0.396 e. The second kappa shape index (κ2) is 9.17. The molecule has 3 saturated heterocycles. The molecule has 3 unspecified atom stereocenters. The summed E-state index contributed by atoms with van der Waals surface area (Å²) < 4.78 is -0.659. The molecule has 0 aliphatic carbocycles. The van der Waals surface area contributed by atoms with Crippen molar-refractivity contribution in [2.24, 2.45) is 11.8 Å². The highest BCUT2D eigenvalue weighted by Gasteiger charge is 2.75. The number of likely N-dealkylation sites (tertiary alicyclic amines) is 1. The number of alkyl halides is 1. The number of carbonyl (C=O) groups excluding carboxylic acids is 3. The summed E-state index contributed by atoms with van der Waals surface area (Å²) in [6.07, 6.45) is 1.80. The predicted octanol–water partition coefficient (Wildman–Crippen LogP) is 2.76. The van der Waals surface area contributed by atoms with Gasteiger partial charge in [0.2, 0.25) is 17.7 Å². The molecule has 0 radical (unpaired) electrons. The molecule has 3 aliphatic rings. The van der Waals surface area contributed by atoms with E-state index in [-0.39, 0.29) is 34.4 Å². The van der Waals surface area contributed by atoms with Crippen LogP contribution in [0.1, 0.15) is 19.3 Å². The Morgan fingerprint density at radius 1 is 1.18 bits per heavy atom. The van der Waals surface area contributed by atoms with Crippen molar-refractivity contribution in [1.82, 2.24) is 10.2 Å². The average molecular weight is 546 g/mol. The first-order valence-electron chi connectivity index (χ1n) is 11.7. The second-order valence-electron chi connectivity index (χ2n) is 9.29. The van der Waals surface area contributed by atoms with E-state index in [0.717, 1.165) is 10.8 Å². The number of benzene rings is 2. The third kappa shape index (κ3) is 3.63. The number of hydrogen-bond acceptors (Lipinski definition) is 5. The van der Waals surface area contributed by atoms with Gasteiger partial charge in [-0.3, -0.25) is 14.4 Å². The van der Waals surface area contributed by atoms with Crippen LogP contribution in [0.4, 0.5) is 5.69 Å². The Hall–Kier alpha value is -2.10. The van der Waals surface area contributed by atoms with Gasteiger partial charge in [0, 0.05) is 36.0 Å². The molecule has 2 bridgehead atoms. The van der Waals surface area contributed by atoms with E-state index in [0.29, 0.717) is 31.5 Å². The number of nitrogens with zero attached hydrogens (tertiary/aromatic N) is 1. The number of carbonyl (C=O) groups is 3. The van der Waals surface area contributed by atoms with E-state index in [2.05, 4.69) is 26.6 Å². The lowest BCUT2D eigenvalue weighted by Gasteiger charge is -2.35. The quantitative estimate of drug-likeness (QED) is 0.367. The molecule has 3 N–H and O–H groups in total. The number of nitrogens with one attached hydrogen (secondary N) is 2. The van der Waals surface area contributed by atoms with Crippen LogP contribution in [-0.2, 0) is 14.4 Å². The number of rotatable bonds is 7. The molecule has 3 aliphatic heterocycles. The Kier molecular flexibility index (Phi) is 6.37. The van der Waals surface area contributed by atoms with Crippen molar-refractivity contribution in [1.29, 1.82) is 0 Å². The molecule has 0 saturated carbocycles. The van der Waals surface area contributed by atoms with Crippen LogP contribution in [0.2, 0.25) is 0 Å². The van der Waals surface area contributed by atoms with Gasteiger partial charge in [-0.25, -0.2) is 0 Å². The first-order chi connectivity index (χ1) is 16.4. The summed E-state index contributed by atoms with van der Waals surface area (Å²) in [5.74, 6) is -1.50. The molecule has 1 spiro atoms. The lowest BCUT2D eigenvalue weighted by molar-refractivity contribution is -0.139. The van der Waals surface area contributed by atoms with Crippen LogP contribution >= 0.6 is 27.7 Å². The van der Waals surface area contributed by atoms with Crippen molar-refractivity contribution in [2.75, 3.05) is 25.5 Å². The summed E-state index contributed by atoms with van der Waals surface area (Å²) in [6, 6.07) is 13.1. The Labute approximate surface area is 211 Å². The van der Waals surface area contributed by atoms with E-state index in [9.17, 15) is 19.5 Å². The third-order valence-electron chi connectivity index (χ3n) is 7.41. The molecular weight excluding hydrogens is 518 g/mol. The summed E-state index contributed by atoms with van der Waals surface area (Å²) in [4.78, 5) is 42.1. The molecule has 9 heteroatoms. The molecule has 6 atom stereocenters. The van der Waals surface area contributed by atoms with Gasteiger partial charge >= 0.3 is 0 Å². The maximum absolute atomic E-state index is 13.8. The number of amides is 3. The highest BCUT2D eigenvalue weighted by molar-refractivity contribution is 9.09. The molecule has 180 valence electrons. The van der Waals surface area contributed by atoms with Crippen LogP contribution in [0.25, 0.3) is 10.8 Å². The Morgan fingerprint density at radius 2 is 1.94 bits per heavy atom.